The largest absolute Gasteiger partial charge is 0.452 e. The molecular formula is C22H26FN3O4. The molecule has 2 rings (SSSR count). The number of esters is 1. The highest BCUT2D eigenvalue weighted by atomic mass is 19.1. The van der Waals surface area contributed by atoms with Crippen LogP contribution in [0.15, 0.2) is 48.5 Å². The smallest absolute Gasteiger partial charge is 0.340 e. The number of para-hydroxylation sites is 1. The number of likely N-dealkylation sites (N-methyl/N-ethyl adjacent to an activating group) is 1. The summed E-state index contributed by atoms with van der Waals surface area (Å²) in [6.07, 6.45) is 1.99. The van der Waals surface area contributed by atoms with Gasteiger partial charge in [0.15, 0.2) is 6.61 Å². The highest BCUT2D eigenvalue weighted by molar-refractivity contribution is 5.97. The third-order valence-electron chi connectivity index (χ3n) is 4.25. The number of nitrogens with zero attached hydrogens (tertiary/aromatic N) is 1. The normalized spacial score (nSPS) is 10.2. The van der Waals surface area contributed by atoms with Crippen LogP contribution < -0.4 is 10.6 Å². The van der Waals surface area contributed by atoms with Crippen LogP contribution >= 0.6 is 0 Å². The maximum atomic E-state index is 12.9. The first kappa shape index (κ1) is 22.9. The van der Waals surface area contributed by atoms with Crippen LogP contribution in [0.2, 0.25) is 0 Å². The summed E-state index contributed by atoms with van der Waals surface area (Å²) in [5.74, 6) is -2.00. The number of benzene rings is 2. The number of hydrogen-bond donors (Lipinski definition) is 2. The van der Waals surface area contributed by atoms with E-state index in [-0.39, 0.29) is 6.54 Å². The Morgan fingerprint density at radius 3 is 2.47 bits per heavy atom. The average molecular weight is 415 g/mol. The van der Waals surface area contributed by atoms with Gasteiger partial charge in [-0.1, -0.05) is 25.5 Å². The van der Waals surface area contributed by atoms with Gasteiger partial charge >= 0.3 is 5.97 Å². The molecule has 0 saturated heterocycles. The molecule has 2 aromatic carbocycles. The highest BCUT2D eigenvalue weighted by Crippen LogP contribution is 2.16. The SMILES string of the molecule is CCCCNc1ccccc1C(=O)OCC(=O)N(C)CC(=O)Nc1ccc(F)cc1. The number of carbonyl (C=O) groups is 3. The van der Waals surface area contributed by atoms with Crippen LogP contribution in [0.5, 0.6) is 0 Å². The van der Waals surface area contributed by atoms with E-state index in [1.807, 2.05) is 6.07 Å². The molecular weight excluding hydrogens is 389 g/mol. The number of rotatable bonds is 10. The van der Waals surface area contributed by atoms with Gasteiger partial charge in [0, 0.05) is 25.0 Å². The lowest BCUT2D eigenvalue weighted by Crippen LogP contribution is -2.37. The summed E-state index contributed by atoms with van der Waals surface area (Å²) < 4.78 is 18.0. The van der Waals surface area contributed by atoms with Crippen LogP contribution in [0.3, 0.4) is 0 Å². The third kappa shape index (κ3) is 7.20. The lowest BCUT2D eigenvalue weighted by molar-refractivity contribution is -0.136. The summed E-state index contributed by atoms with van der Waals surface area (Å²) >= 11 is 0. The van der Waals surface area contributed by atoms with Crippen LogP contribution in [0.1, 0.15) is 30.1 Å². The van der Waals surface area contributed by atoms with Gasteiger partial charge in [0.25, 0.3) is 5.91 Å². The molecule has 2 amide bonds. The van der Waals surface area contributed by atoms with E-state index in [4.69, 9.17) is 4.74 Å². The van der Waals surface area contributed by atoms with E-state index in [2.05, 4.69) is 17.6 Å². The monoisotopic (exact) mass is 415 g/mol. The Balaban J connectivity index is 1.83. The first-order chi connectivity index (χ1) is 14.4. The Kier molecular flexibility index (Phi) is 8.80. The number of halogens is 1. The van der Waals surface area contributed by atoms with Gasteiger partial charge in [0.05, 0.1) is 12.1 Å². The van der Waals surface area contributed by atoms with Gasteiger partial charge in [-0.05, 0) is 42.8 Å². The van der Waals surface area contributed by atoms with E-state index in [9.17, 15) is 18.8 Å². The molecule has 0 aliphatic carbocycles. The van der Waals surface area contributed by atoms with Crippen LogP contribution in [0.25, 0.3) is 0 Å². The Morgan fingerprint density at radius 2 is 1.77 bits per heavy atom. The number of unbranched alkanes of at least 4 members (excludes halogenated alkanes) is 1. The molecule has 0 fully saturated rings. The number of carbonyl (C=O) groups excluding carboxylic acids is 3. The lowest BCUT2D eigenvalue weighted by atomic mass is 10.1. The number of nitrogens with one attached hydrogen (secondary N) is 2. The van der Waals surface area contributed by atoms with Crippen molar-refractivity contribution in [1.29, 1.82) is 0 Å². The molecule has 0 unspecified atom stereocenters. The third-order valence-corrected chi connectivity index (χ3v) is 4.25. The van der Waals surface area contributed by atoms with Crippen molar-refractivity contribution in [2.24, 2.45) is 0 Å². The molecule has 0 radical (unpaired) electrons. The fourth-order valence-corrected chi connectivity index (χ4v) is 2.57. The maximum absolute atomic E-state index is 12.9. The average Bonchev–Trinajstić information content (AvgIpc) is 2.73. The molecule has 0 heterocycles. The molecule has 30 heavy (non-hydrogen) atoms. The van der Waals surface area contributed by atoms with E-state index in [0.717, 1.165) is 24.3 Å². The van der Waals surface area contributed by atoms with Gasteiger partial charge < -0.3 is 20.3 Å². The first-order valence-corrected chi connectivity index (χ1v) is 9.70. The van der Waals surface area contributed by atoms with Crippen molar-refractivity contribution >= 4 is 29.2 Å². The molecule has 0 spiro atoms. The molecule has 2 aromatic rings. The summed E-state index contributed by atoms with van der Waals surface area (Å²) in [6.45, 7) is 2.08. The molecule has 0 aliphatic heterocycles. The van der Waals surface area contributed by atoms with Crippen molar-refractivity contribution in [3.63, 3.8) is 0 Å². The fraction of sp³-hybridized carbons (Fsp3) is 0.318. The minimum atomic E-state index is -0.618. The van der Waals surface area contributed by atoms with Crippen molar-refractivity contribution in [3.05, 3.63) is 59.9 Å². The Morgan fingerprint density at radius 1 is 1.07 bits per heavy atom. The molecule has 0 saturated carbocycles. The Labute approximate surface area is 175 Å². The summed E-state index contributed by atoms with van der Waals surface area (Å²) in [5.41, 5.74) is 1.41. The van der Waals surface area contributed by atoms with Gasteiger partial charge in [-0.25, -0.2) is 9.18 Å². The predicted molar refractivity (Wildman–Crippen MR) is 113 cm³/mol. The highest BCUT2D eigenvalue weighted by Gasteiger charge is 2.17. The van der Waals surface area contributed by atoms with Crippen LogP contribution in [0, 0.1) is 5.82 Å². The Bertz CT molecular complexity index is 871. The molecule has 0 atom stereocenters. The molecule has 2 N–H and O–H groups in total. The van der Waals surface area contributed by atoms with E-state index < -0.39 is 30.2 Å². The van der Waals surface area contributed by atoms with Gasteiger partial charge in [-0.15, -0.1) is 0 Å². The quantitative estimate of drug-likeness (QED) is 0.459. The van der Waals surface area contributed by atoms with E-state index in [1.165, 1.54) is 31.3 Å². The molecule has 0 aromatic heterocycles. The van der Waals surface area contributed by atoms with E-state index in [0.29, 0.717) is 16.9 Å². The van der Waals surface area contributed by atoms with E-state index >= 15 is 0 Å². The zero-order chi connectivity index (χ0) is 21.9. The number of ether oxygens (including phenoxy) is 1. The topological polar surface area (TPSA) is 87.7 Å². The van der Waals surface area contributed by atoms with Gasteiger partial charge in [0.2, 0.25) is 5.91 Å². The maximum Gasteiger partial charge on any atom is 0.340 e. The molecule has 8 heteroatoms. The number of amides is 2. The summed E-state index contributed by atoms with van der Waals surface area (Å²) in [4.78, 5) is 37.8. The zero-order valence-corrected chi connectivity index (χ0v) is 17.1. The Hall–Kier alpha value is -3.42. The second-order valence-electron chi connectivity index (χ2n) is 6.71. The van der Waals surface area contributed by atoms with Gasteiger partial charge in [-0.2, -0.15) is 0 Å². The zero-order valence-electron chi connectivity index (χ0n) is 17.1. The first-order valence-electron chi connectivity index (χ1n) is 9.70. The lowest BCUT2D eigenvalue weighted by Gasteiger charge is -2.17. The number of hydrogen-bond acceptors (Lipinski definition) is 5. The van der Waals surface area contributed by atoms with Crippen molar-refractivity contribution in [2.75, 3.05) is 37.4 Å². The summed E-state index contributed by atoms with van der Waals surface area (Å²) in [6, 6.07) is 12.2. The summed E-state index contributed by atoms with van der Waals surface area (Å²) in [7, 11) is 1.43. The van der Waals surface area contributed by atoms with Crippen LogP contribution in [0.4, 0.5) is 15.8 Å². The minimum absolute atomic E-state index is 0.233. The second kappa shape index (κ2) is 11.5. The van der Waals surface area contributed by atoms with Crippen molar-refractivity contribution in [3.8, 4) is 0 Å². The fourth-order valence-electron chi connectivity index (χ4n) is 2.57. The van der Waals surface area contributed by atoms with Gasteiger partial charge in [0.1, 0.15) is 5.82 Å². The second-order valence-corrected chi connectivity index (χ2v) is 6.71. The van der Waals surface area contributed by atoms with Crippen molar-refractivity contribution < 1.29 is 23.5 Å². The van der Waals surface area contributed by atoms with Crippen molar-refractivity contribution in [2.45, 2.75) is 19.8 Å². The van der Waals surface area contributed by atoms with Gasteiger partial charge in [-0.3, -0.25) is 9.59 Å². The molecule has 0 aliphatic rings. The summed E-state index contributed by atoms with van der Waals surface area (Å²) in [5, 5.41) is 5.75. The standard InChI is InChI=1S/C22H26FN3O4/c1-3-4-13-24-19-8-6-5-7-18(19)22(29)30-15-21(28)26(2)14-20(27)25-17-11-9-16(23)10-12-17/h5-12,24H,3-4,13-15H2,1-2H3,(H,25,27). The molecule has 160 valence electrons. The van der Waals surface area contributed by atoms with Crippen LogP contribution in [-0.2, 0) is 14.3 Å². The van der Waals surface area contributed by atoms with E-state index in [1.54, 1.807) is 18.2 Å². The minimum Gasteiger partial charge on any atom is -0.452 e. The van der Waals surface area contributed by atoms with Crippen LogP contribution in [-0.4, -0.2) is 49.4 Å². The predicted octanol–water partition coefficient (Wildman–Crippen LogP) is 3.29. The molecule has 0 bridgehead atoms. The number of anilines is 2. The molecule has 7 nitrogen and oxygen atoms in total. The van der Waals surface area contributed by atoms with Crippen molar-refractivity contribution in [1.82, 2.24) is 4.90 Å².